The average Bonchev–Trinajstić information content (AvgIpc) is 2.76. The Balaban J connectivity index is 1.93. The Labute approximate surface area is 182 Å². The molecule has 0 spiro atoms. The summed E-state index contributed by atoms with van der Waals surface area (Å²) in [5.74, 6) is -1.86. The lowest BCUT2D eigenvalue weighted by molar-refractivity contribution is -0.127. The van der Waals surface area contributed by atoms with Gasteiger partial charge >= 0.3 is 0 Å². The van der Waals surface area contributed by atoms with Gasteiger partial charge in [0.05, 0.1) is 6.34 Å². The van der Waals surface area contributed by atoms with E-state index < -0.39 is 23.7 Å². The number of methoxy groups -OCH3 is 1. The second-order valence-corrected chi connectivity index (χ2v) is 6.54. The molecule has 1 aromatic heterocycles. The van der Waals surface area contributed by atoms with Gasteiger partial charge in [-0.3, -0.25) is 4.79 Å². The zero-order chi connectivity index (χ0) is 22.4. The van der Waals surface area contributed by atoms with Crippen LogP contribution in [0.25, 0.3) is 0 Å². The van der Waals surface area contributed by atoms with E-state index in [9.17, 15) is 4.79 Å². The van der Waals surface area contributed by atoms with Crippen molar-refractivity contribution >= 4 is 23.8 Å². The molecule has 0 saturated carbocycles. The smallest absolute Gasteiger partial charge is 0.280 e. The molecule has 0 fully saturated rings. The lowest BCUT2D eigenvalue weighted by Gasteiger charge is -2.16. The van der Waals surface area contributed by atoms with Crippen LogP contribution >= 0.6 is 11.6 Å². The third kappa shape index (κ3) is 4.96. The molecule has 0 aliphatic rings. The van der Waals surface area contributed by atoms with Crippen LogP contribution in [0.5, 0.6) is 23.3 Å². The van der Waals surface area contributed by atoms with Crippen molar-refractivity contribution in [3.63, 3.8) is 0 Å². The van der Waals surface area contributed by atoms with Crippen molar-refractivity contribution < 1.29 is 23.4 Å². The first-order chi connectivity index (χ1) is 15.0. The molecular formula is C21H18ClFN4O4. The van der Waals surface area contributed by atoms with Crippen LogP contribution in [-0.4, -0.2) is 29.3 Å². The van der Waals surface area contributed by atoms with Gasteiger partial charge in [-0.15, -0.1) is 0 Å². The molecule has 1 unspecified atom stereocenters. The van der Waals surface area contributed by atoms with Gasteiger partial charge in [-0.1, -0.05) is 35.9 Å². The van der Waals surface area contributed by atoms with Crippen molar-refractivity contribution in [3.8, 4) is 23.3 Å². The summed E-state index contributed by atoms with van der Waals surface area (Å²) in [6, 6.07) is 11.4. The third-order valence-electron chi connectivity index (χ3n) is 4.22. The molecule has 10 heteroatoms. The minimum absolute atomic E-state index is 0.136. The fraction of sp³-hybridized carbons (Fsp3) is 0.143. The van der Waals surface area contributed by atoms with Crippen molar-refractivity contribution in [1.82, 2.24) is 9.97 Å². The molecule has 2 N–H and O–H groups in total. The van der Waals surface area contributed by atoms with Crippen molar-refractivity contribution in [1.29, 1.82) is 0 Å². The lowest BCUT2D eigenvalue weighted by atomic mass is 10.1. The van der Waals surface area contributed by atoms with Crippen LogP contribution in [0, 0.1) is 12.7 Å². The number of aromatic nitrogens is 2. The van der Waals surface area contributed by atoms with Crippen molar-refractivity contribution in [3.05, 3.63) is 70.8 Å². The molecular weight excluding hydrogens is 427 g/mol. The summed E-state index contributed by atoms with van der Waals surface area (Å²) in [6.45, 7) is 1.73. The number of ether oxygens (including phenoxy) is 3. The summed E-state index contributed by atoms with van der Waals surface area (Å²) in [6.07, 6.45) is 0.850. The number of rotatable bonds is 7. The predicted molar refractivity (Wildman–Crippen MR) is 112 cm³/mol. The van der Waals surface area contributed by atoms with E-state index in [0.717, 1.165) is 12.7 Å². The molecule has 3 aromatic rings. The zero-order valence-corrected chi connectivity index (χ0v) is 17.3. The second kappa shape index (κ2) is 9.96. The number of carbonyl (C=O) groups excluding carboxylic acids is 1. The number of amides is 1. The quantitative estimate of drug-likeness (QED) is 0.425. The maximum atomic E-state index is 15.0. The summed E-state index contributed by atoms with van der Waals surface area (Å²) in [5, 5.41) is 0.466. The standard InChI is InChI=1S/C21H18ClFN4O4/c1-12-14(22)7-5-9-15(12)30-20-17(23)21(27-11-26-20)31-16-8-4-3-6-13(16)18(29-2)19(28)25-10-24/h3-11,18H,1-2H3,(H2,24,25,28). The number of para-hydroxylation sites is 1. The van der Waals surface area contributed by atoms with E-state index in [-0.39, 0.29) is 11.6 Å². The molecule has 8 nitrogen and oxygen atoms in total. The number of aliphatic imine (C=N–C) groups is 1. The van der Waals surface area contributed by atoms with Gasteiger partial charge < -0.3 is 19.9 Å². The molecule has 0 bridgehead atoms. The van der Waals surface area contributed by atoms with Crippen LogP contribution in [-0.2, 0) is 9.53 Å². The number of nitrogens with zero attached hydrogens (tertiary/aromatic N) is 3. The molecule has 0 radical (unpaired) electrons. The fourth-order valence-electron chi connectivity index (χ4n) is 2.68. The Kier molecular flexibility index (Phi) is 7.11. The van der Waals surface area contributed by atoms with E-state index in [1.165, 1.54) is 13.2 Å². The number of carbonyl (C=O) groups is 1. The minimum atomic E-state index is -1.11. The highest BCUT2D eigenvalue weighted by Gasteiger charge is 2.25. The number of nitrogens with two attached hydrogens (primary N) is 1. The molecule has 1 atom stereocenters. The SMILES string of the molecule is COC(C(=O)N=CN)c1ccccc1Oc1ncnc(Oc2cccc(Cl)c2C)c1F. The highest BCUT2D eigenvalue weighted by molar-refractivity contribution is 6.31. The summed E-state index contributed by atoms with van der Waals surface area (Å²) >= 11 is 6.08. The maximum absolute atomic E-state index is 15.0. The molecule has 1 amide bonds. The summed E-state index contributed by atoms with van der Waals surface area (Å²) in [7, 11) is 1.33. The van der Waals surface area contributed by atoms with Gasteiger partial charge in [-0.2, -0.15) is 14.4 Å². The molecule has 0 aliphatic heterocycles. The first kappa shape index (κ1) is 22.1. The van der Waals surface area contributed by atoms with Gasteiger partial charge in [0, 0.05) is 23.3 Å². The highest BCUT2D eigenvalue weighted by Crippen LogP contribution is 2.35. The molecule has 31 heavy (non-hydrogen) atoms. The Hall–Kier alpha value is -3.56. The molecule has 0 saturated heterocycles. The first-order valence-corrected chi connectivity index (χ1v) is 9.35. The Morgan fingerprint density at radius 2 is 1.77 bits per heavy atom. The van der Waals surface area contributed by atoms with Crippen molar-refractivity contribution in [2.45, 2.75) is 13.0 Å². The van der Waals surface area contributed by atoms with Crippen molar-refractivity contribution in [2.24, 2.45) is 10.7 Å². The fourth-order valence-corrected chi connectivity index (χ4v) is 2.85. The number of halogens is 2. The highest BCUT2D eigenvalue weighted by atomic mass is 35.5. The monoisotopic (exact) mass is 444 g/mol. The third-order valence-corrected chi connectivity index (χ3v) is 4.63. The Morgan fingerprint density at radius 3 is 2.45 bits per heavy atom. The second-order valence-electron chi connectivity index (χ2n) is 6.14. The van der Waals surface area contributed by atoms with Crippen molar-refractivity contribution in [2.75, 3.05) is 7.11 Å². The topological polar surface area (TPSA) is 109 Å². The average molecular weight is 445 g/mol. The van der Waals surface area contributed by atoms with Gasteiger partial charge in [-0.05, 0) is 25.1 Å². The summed E-state index contributed by atoms with van der Waals surface area (Å²) < 4.78 is 31.4. The Morgan fingerprint density at radius 1 is 1.13 bits per heavy atom. The van der Waals surface area contributed by atoms with Crippen LogP contribution in [0.3, 0.4) is 0 Å². The zero-order valence-electron chi connectivity index (χ0n) is 16.6. The van der Waals surface area contributed by atoms with Gasteiger partial charge in [0.1, 0.15) is 17.8 Å². The van der Waals surface area contributed by atoms with Crippen LogP contribution in [0.1, 0.15) is 17.2 Å². The van der Waals surface area contributed by atoms with Gasteiger partial charge in [-0.25, -0.2) is 4.99 Å². The van der Waals surface area contributed by atoms with E-state index in [1.54, 1.807) is 43.3 Å². The van der Waals surface area contributed by atoms with E-state index in [2.05, 4.69) is 15.0 Å². The van der Waals surface area contributed by atoms with E-state index in [1.807, 2.05) is 0 Å². The van der Waals surface area contributed by atoms with Crippen LogP contribution < -0.4 is 15.2 Å². The minimum Gasteiger partial charge on any atom is -0.436 e. The summed E-state index contributed by atoms with van der Waals surface area (Å²) in [4.78, 5) is 23.4. The van der Waals surface area contributed by atoms with Crippen LogP contribution in [0.15, 0.2) is 53.8 Å². The van der Waals surface area contributed by atoms with E-state index in [4.69, 9.17) is 31.5 Å². The lowest BCUT2D eigenvalue weighted by Crippen LogP contribution is -2.14. The number of hydrogen-bond acceptors (Lipinski definition) is 6. The molecule has 1 heterocycles. The van der Waals surface area contributed by atoms with E-state index in [0.29, 0.717) is 21.9 Å². The van der Waals surface area contributed by atoms with Crippen LogP contribution in [0.2, 0.25) is 5.02 Å². The van der Waals surface area contributed by atoms with E-state index >= 15 is 4.39 Å². The number of hydrogen-bond donors (Lipinski definition) is 1. The van der Waals surface area contributed by atoms with Gasteiger partial charge in [0.25, 0.3) is 17.7 Å². The van der Waals surface area contributed by atoms with Gasteiger partial charge in [0.15, 0.2) is 6.10 Å². The summed E-state index contributed by atoms with van der Waals surface area (Å²) in [5.41, 5.74) is 6.13. The number of benzene rings is 2. The first-order valence-electron chi connectivity index (χ1n) is 8.97. The molecule has 0 aliphatic carbocycles. The Bertz CT molecular complexity index is 1130. The molecule has 160 valence electrons. The largest absolute Gasteiger partial charge is 0.436 e. The molecule has 2 aromatic carbocycles. The molecule has 3 rings (SSSR count). The van der Waals surface area contributed by atoms with Crippen LogP contribution in [0.4, 0.5) is 4.39 Å². The predicted octanol–water partition coefficient (Wildman–Crippen LogP) is 4.36. The van der Waals surface area contributed by atoms with Gasteiger partial charge in [0.2, 0.25) is 5.82 Å². The normalized spacial score (nSPS) is 12.0. The maximum Gasteiger partial charge on any atom is 0.280 e.